The molecule has 0 fully saturated rings. The summed E-state index contributed by atoms with van der Waals surface area (Å²) in [7, 11) is 0. The van der Waals surface area contributed by atoms with E-state index in [0.29, 0.717) is 0 Å². The zero-order chi connectivity index (χ0) is 14.5. The highest BCUT2D eigenvalue weighted by atomic mass is 16.1. The van der Waals surface area contributed by atoms with Crippen LogP contribution in [0.2, 0.25) is 0 Å². The van der Waals surface area contributed by atoms with Crippen molar-refractivity contribution in [1.82, 2.24) is 0 Å². The highest BCUT2D eigenvalue weighted by molar-refractivity contribution is 5.87. The summed E-state index contributed by atoms with van der Waals surface area (Å²) in [6, 6.07) is 0. The molecular weight excluding hydrogens is 232 g/mol. The van der Waals surface area contributed by atoms with E-state index in [0.717, 1.165) is 0 Å². The maximum Gasteiger partial charge on any atom is 0.152 e. The van der Waals surface area contributed by atoms with Gasteiger partial charge in [0.25, 0.3) is 0 Å². The van der Waals surface area contributed by atoms with E-state index in [-0.39, 0.29) is 11.2 Å². The second-order valence-electron chi connectivity index (χ2n) is 6.15. The summed E-state index contributed by atoms with van der Waals surface area (Å²) in [5.74, 6) is 0.0833. The Labute approximate surface area is 117 Å². The second kappa shape index (κ2) is 6.70. The molecule has 0 radical (unpaired) electrons. The molecule has 0 saturated heterocycles. The third kappa shape index (κ3) is 5.02. The van der Waals surface area contributed by atoms with Crippen molar-refractivity contribution in [2.45, 2.75) is 53.9 Å². The molecule has 0 atom stereocenters. The fourth-order valence-electron chi connectivity index (χ4n) is 2.62. The monoisotopic (exact) mass is 258 g/mol. The van der Waals surface area contributed by atoms with Crippen LogP contribution < -0.4 is 0 Å². The van der Waals surface area contributed by atoms with Gasteiger partial charge in [0, 0.05) is 0 Å². The maximum atomic E-state index is 10.8. The average Bonchev–Trinajstić information content (AvgIpc) is 2.26. The van der Waals surface area contributed by atoms with Crippen LogP contribution in [0.3, 0.4) is 0 Å². The molecule has 0 spiro atoms. The molecule has 0 aromatic rings. The summed E-state index contributed by atoms with van der Waals surface area (Å²) in [5, 5.41) is 0. The number of carbonyl (C=O) groups excluding carboxylic acids is 1. The van der Waals surface area contributed by atoms with Gasteiger partial charge in [-0.05, 0) is 57.1 Å². The number of hydrogen-bond donors (Lipinski definition) is 0. The van der Waals surface area contributed by atoms with E-state index >= 15 is 0 Å². The van der Waals surface area contributed by atoms with E-state index in [1.165, 1.54) is 36.0 Å². The lowest BCUT2D eigenvalue weighted by molar-refractivity contribution is -0.112. The minimum absolute atomic E-state index is 0.0833. The summed E-state index contributed by atoms with van der Waals surface area (Å²) in [6.07, 6.45) is 13.6. The molecular formula is C18H26O. The molecule has 104 valence electrons. The van der Waals surface area contributed by atoms with Crippen LogP contribution in [-0.4, -0.2) is 5.78 Å². The first kappa shape index (κ1) is 15.7. The van der Waals surface area contributed by atoms with Gasteiger partial charge in [-0.2, -0.15) is 0 Å². The summed E-state index contributed by atoms with van der Waals surface area (Å²) < 4.78 is 0. The van der Waals surface area contributed by atoms with E-state index in [2.05, 4.69) is 39.8 Å². The SMILES string of the molecule is CC(=O)\C=C/C=C(C)\C=C/C1=C(C)CCCC1(C)C. The Morgan fingerprint density at radius 2 is 1.89 bits per heavy atom. The average molecular weight is 258 g/mol. The van der Waals surface area contributed by atoms with Crippen LogP contribution in [0, 0.1) is 5.41 Å². The van der Waals surface area contributed by atoms with Gasteiger partial charge in [0.05, 0.1) is 0 Å². The van der Waals surface area contributed by atoms with Gasteiger partial charge in [0.15, 0.2) is 5.78 Å². The predicted octanol–water partition coefficient (Wildman–Crippen LogP) is 5.16. The summed E-state index contributed by atoms with van der Waals surface area (Å²) in [4.78, 5) is 10.8. The van der Waals surface area contributed by atoms with E-state index in [9.17, 15) is 4.79 Å². The van der Waals surface area contributed by atoms with E-state index in [1.54, 1.807) is 13.0 Å². The number of ketones is 1. The number of rotatable bonds is 4. The van der Waals surface area contributed by atoms with Crippen LogP contribution in [0.1, 0.15) is 53.9 Å². The lowest BCUT2D eigenvalue weighted by atomic mass is 9.72. The van der Waals surface area contributed by atoms with Gasteiger partial charge < -0.3 is 0 Å². The van der Waals surface area contributed by atoms with Gasteiger partial charge in [0.1, 0.15) is 0 Å². The Kier molecular flexibility index (Phi) is 5.53. The van der Waals surface area contributed by atoms with Gasteiger partial charge in [-0.25, -0.2) is 0 Å². The van der Waals surface area contributed by atoms with E-state index in [4.69, 9.17) is 0 Å². The first-order chi connectivity index (χ1) is 8.83. The Balaban J connectivity index is 2.83. The molecule has 1 aliphatic carbocycles. The summed E-state index contributed by atoms with van der Waals surface area (Å²) in [5.41, 5.74) is 4.44. The number of carbonyl (C=O) groups is 1. The maximum absolute atomic E-state index is 10.8. The van der Waals surface area contributed by atoms with Crippen molar-refractivity contribution in [1.29, 1.82) is 0 Å². The highest BCUT2D eigenvalue weighted by Gasteiger charge is 2.26. The van der Waals surface area contributed by atoms with Gasteiger partial charge >= 0.3 is 0 Å². The predicted molar refractivity (Wildman–Crippen MR) is 83.1 cm³/mol. The Bertz CT molecular complexity index is 456. The van der Waals surface area contributed by atoms with Crippen molar-refractivity contribution in [3.05, 3.63) is 47.1 Å². The van der Waals surface area contributed by atoms with Gasteiger partial charge in [-0.3, -0.25) is 4.79 Å². The van der Waals surface area contributed by atoms with Crippen LogP contribution in [0.25, 0.3) is 0 Å². The Hall–Kier alpha value is -1.37. The molecule has 0 unspecified atom stereocenters. The zero-order valence-electron chi connectivity index (χ0n) is 12.9. The van der Waals surface area contributed by atoms with Crippen molar-refractivity contribution in [3.8, 4) is 0 Å². The van der Waals surface area contributed by atoms with Crippen LogP contribution in [0.4, 0.5) is 0 Å². The van der Waals surface area contributed by atoms with Gasteiger partial charge in [-0.1, -0.05) is 49.3 Å². The standard InChI is InChI=1S/C18H26O/c1-14(8-6-10-16(3)19)11-12-17-15(2)9-7-13-18(17,4)5/h6,8,10-12H,7,9,13H2,1-5H3/b10-6-,12-11-,14-8-. The second-order valence-corrected chi connectivity index (χ2v) is 6.15. The first-order valence-corrected chi connectivity index (χ1v) is 7.07. The van der Waals surface area contributed by atoms with E-state index in [1.807, 2.05) is 12.2 Å². The number of hydrogen-bond acceptors (Lipinski definition) is 1. The quantitative estimate of drug-likeness (QED) is 0.503. The lowest BCUT2D eigenvalue weighted by Gasteiger charge is -2.32. The third-order valence-electron chi connectivity index (χ3n) is 3.75. The lowest BCUT2D eigenvalue weighted by Crippen LogP contribution is -2.19. The first-order valence-electron chi connectivity index (χ1n) is 7.07. The molecule has 1 heteroatoms. The highest BCUT2D eigenvalue weighted by Crippen LogP contribution is 2.40. The van der Waals surface area contributed by atoms with Crippen molar-refractivity contribution in [3.63, 3.8) is 0 Å². The van der Waals surface area contributed by atoms with Crippen molar-refractivity contribution in [2.75, 3.05) is 0 Å². The molecule has 0 amide bonds. The van der Waals surface area contributed by atoms with Gasteiger partial charge in [-0.15, -0.1) is 0 Å². The molecule has 1 aliphatic rings. The van der Waals surface area contributed by atoms with Crippen molar-refractivity contribution < 1.29 is 4.79 Å². The number of allylic oxidation sites excluding steroid dienone is 8. The van der Waals surface area contributed by atoms with Crippen LogP contribution in [0.15, 0.2) is 47.1 Å². The molecule has 1 rings (SSSR count). The molecule has 0 aliphatic heterocycles. The van der Waals surface area contributed by atoms with Gasteiger partial charge in [0.2, 0.25) is 0 Å². The largest absolute Gasteiger partial charge is 0.295 e. The molecule has 19 heavy (non-hydrogen) atoms. The molecule has 0 aromatic carbocycles. The fourth-order valence-corrected chi connectivity index (χ4v) is 2.62. The van der Waals surface area contributed by atoms with Crippen molar-refractivity contribution in [2.24, 2.45) is 5.41 Å². The Morgan fingerprint density at radius 3 is 2.47 bits per heavy atom. The molecule has 1 nitrogen and oxygen atoms in total. The summed E-state index contributed by atoms with van der Waals surface area (Å²) >= 11 is 0. The fraction of sp³-hybridized carbons (Fsp3) is 0.500. The smallest absolute Gasteiger partial charge is 0.152 e. The summed E-state index contributed by atoms with van der Waals surface area (Å²) in [6.45, 7) is 10.5. The molecule has 0 bridgehead atoms. The van der Waals surface area contributed by atoms with E-state index < -0.39 is 0 Å². The minimum atomic E-state index is 0.0833. The molecule has 0 N–H and O–H groups in total. The van der Waals surface area contributed by atoms with Crippen molar-refractivity contribution >= 4 is 5.78 Å². The molecule has 0 heterocycles. The topological polar surface area (TPSA) is 17.1 Å². The van der Waals surface area contributed by atoms with Crippen LogP contribution in [0.5, 0.6) is 0 Å². The zero-order valence-corrected chi connectivity index (χ0v) is 12.9. The van der Waals surface area contributed by atoms with Crippen LogP contribution >= 0.6 is 0 Å². The Morgan fingerprint density at radius 1 is 1.21 bits per heavy atom. The molecule has 0 aromatic heterocycles. The van der Waals surface area contributed by atoms with Crippen LogP contribution in [-0.2, 0) is 4.79 Å². The minimum Gasteiger partial charge on any atom is -0.295 e. The molecule has 0 saturated carbocycles. The normalized spacial score (nSPS) is 20.6. The third-order valence-corrected chi connectivity index (χ3v) is 3.75.